The number of hydrogen-bond acceptors (Lipinski definition) is 3. The van der Waals surface area contributed by atoms with E-state index < -0.39 is 0 Å². The Morgan fingerprint density at radius 3 is 2.27 bits per heavy atom. The van der Waals surface area contributed by atoms with Crippen LogP contribution in [0.25, 0.3) is 0 Å². The van der Waals surface area contributed by atoms with E-state index in [9.17, 15) is 9.59 Å². The molecule has 2 N–H and O–H groups in total. The summed E-state index contributed by atoms with van der Waals surface area (Å²) in [5, 5.41) is 5.51. The quantitative estimate of drug-likeness (QED) is 0.874. The van der Waals surface area contributed by atoms with E-state index in [0.717, 1.165) is 11.5 Å². The van der Waals surface area contributed by atoms with Crippen molar-refractivity contribution in [1.29, 1.82) is 0 Å². The maximum atomic E-state index is 12.0. The van der Waals surface area contributed by atoms with E-state index >= 15 is 0 Å². The summed E-state index contributed by atoms with van der Waals surface area (Å²) in [6, 6.07) is 7.53. The highest BCUT2D eigenvalue weighted by Gasteiger charge is 2.19. The van der Waals surface area contributed by atoms with E-state index in [2.05, 4.69) is 31.4 Å². The Morgan fingerprint density at radius 2 is 1.77 bits per heavy atom. The van der Waals surface area contributed by atoms with Crippen LogP contribution in [0.5, 0.6) is 0 Å². The first-order chi connectivity index (χ1) is 10.4. The predicted molar refractivity (Wildman–Crippen MR) is 91.3 cm³/mol. The van der Waals surface area contributed by atoms with Crippen LogP contribution in [0.15, 0.2) is 24.3 Å². The van der Waals surface area contributed by atoms with Gasteiger partial charge in [0.15, 0.2) is 0 Å². The number of carbonyl (C=O) groups is 2. The molecule has 0 aromatic heterocycles. The lowest BCUT2D eigenvalue weighted by Crippen LogP contribution is -2.41. The molecule has 0 saturated carbocycles. The molecule has 1 saturated heterocycles. The van der Waals surface area contributed by atoms with Crippen molar-refractivity contribution in [3.8, 4) is 0 Å². The molecule has 0 spiro atoms. The van der Waals surface area contributed by atoms with Crippen LogP contribution in [0, 0.1) is 5.92 Å². The van der Waals surface area contributed by atoms with Crippen LogP contribution in [-0.4, -0.2) is 36.4 Å². The Kier molecular flexibility index (Phi) is 5.51. The van der Waals surface area contributed by atoms with E-state index in [1.807, 2.05) is 23.9 Å². The lowest BCUT2D eigenvalue weighted by molar-refractivity contribution is -0.120. The summed E-state index contributed by atoms with van der Waals surface area (Å²) in [6.07, 6.45) is 0. The summed E-state index contributed by atoms with van der Waals surface area (Å²) in [7, 11) is 0. The summed E-state index contributed by atoms with van der Waals surface area (Å²) in [4.78, 5) is 23.7. The van der Waals surface area contributed by atoms with Crippen LogP contribution in [0.3, 0.4) is 0 Å². The monoisotopic (exact) mass is 320 g/mol. The van der Waals surface area contributed by atoms with E-state index in [4.69, 9.17) is 0 Å². The molecule has 120 valence electrons. The second-order valence-corrected chi connectivity index (χ2v) is 7.79. The standard InChI is InChI=1S/C17H24N2O2S/c1-17(2,3)14-6-4-13(5-7-14)16(21)19-9-15(20)18-8-12-10-22-11-12/h4-7,12H,8-11H2,1-3H3,(H,18,20)(H,19,21). The SMILES string of the molecule is CC(C)(C)c1ccc(C(=O)NCC(=O)NCC2CSC2)cc1. The molecule has 5 heteroatoms. The van der Waals surface area contributed by atoms with Gasteiger partial charge in [0.25, 0.3) is 5.91 Å². The van der Waals surface area contributed by atoms with Crippen molar-refractivity contribution >= 4 is 23.6 Å². The molecule has 0 unspecified atom stereocenters. The van der Waals surface area contributed by atoms with Crippen molar-refractivity contribution in [2.75, 3.05) is 24.6 Å². The minimum absolute atomic E-state index is 0.0275. The van der Waals surface area contributed by atoms with Crippen molar-refractivity contribution in [3.05, 3.63) is 35.4 Å². The molecular weight excluding hydrogens is 296 g/mol. The van der Waals surface area contributed by atoms with Gasteiger partial charge < -0.3 is 10.6 Å². The fourth-order valence-electron chi connectivity index (χ4n) is 2.11. The van der Waals surface area contributed by atoms with Crippen LogP contribution in [0.2, 0.25) is 0 Å². The number of amides is 2. The van der Waals surface area contributed by atoms with Crippen LogP contribution < -0.4 is 10.6 Å². The fraction of sp³-hybridized carbons (Fsp3) is 0.529. The molecular formula is C17H24N2O2S. The first kappa shape index (κ1) is 16.9. The molecule has 1 aliphatic rings. The zero-order valence-corrected chi connectivity index (χ0v) is 14.3. The summed E-state index contributed by atoms with van der Waals surface area (Å²) in [5.41, 5.74) is 1.82. The van der Waals surface area contributed by atoms with Crippen molar-refractivity contribution in [2.24, 2.45) is 5.92 Å². The van der Waals surface area contributed by atoms with Crippen molar-refractivity contribution in [3.63, 3.8) is 0 Å². The van der Waals surface area contributed by atoms with Crippen LogP contribution >= 0.6 is 11.8 Å². The molecule has 4 nitrogen and oxygen atoms in total. The maximum absolute atomic E-state index is 12.0. The van der Waals surface area contributed by atoms with Crippen LogP contribution in [0.1, 0.15) is 36.7 Å². The Morgan fingerprint density at radius 1 is 1.14 bits per heavy atom. The fourth-order valence-corrected chi connectivity index (χ4v) is 2.91. The van der Waals surface area contributed by atoms with Gasteiger partial charge in [0.2, 0.25) is 5.91 Å². The first-order valence-corrected chi connectivity index (χ1v) is 8.75. The molecule has 1 aromatic carbocycles. The van der Waals surface area contributed by atoms with Gasteiger partial charge in [-0.2, -0.15) is 11.8 Å². The number of thioether (sulfide) groups is 1. The van der Waals surface area contributed by atoms with Gasteiger partial charge in [-0.3, -0.25) is 9.59 Å². The minimum Gasteiger partial charge on any atom is -0.354 e. The van der Waals surface area contributed by atoms with Crippen molar-refractivity contribution in [2.45, 2.75) is 26.2 Å². The molecule has 22 heavy (non-hydrogen) atoms. The van der Waals surface area contributed by atoms with Gasteiger partial charge in [0.05, 0.1) is 6.54 Å². The molecule has 1 aliphatic heterocycles. The normalized spacial score (nSPS) is 15.0. The van der Waals surface area contributed by atoms with Gasteiger partial charge in [-0.25, -0.2) is 0 Å². The average Bonchev–Trinajstić information content (AvgIpc) is 2.42. The summed E-state index contributed by atoms with van der Waals surface area (Å²) >= 11 is 1.89. The number of rotatable bonds is 5. The number of nitrogens with one attached hydrogen (secondary N) is 2. The summed E-state index contributed by atoms with van der Waals surface area (Å²) < 4.78 is 0. The van der Waals surface area contributed by atoms with E-state index in [1.165, 1.54) is 5.56 Å². The Hall–Kier alpha value is -1.49. The van der Waals surface area contributed by atoms with Crippen molar-refractivity contribution < 1.29 is 9.59 Å². The smallest absolute Gasteiger partial charge is 0.251 e. The second kappa shape index (κ2) is 7.18. The van der Waals surface area contributed by atoms with Crippen LogP contribution in [-0.2, 0) is 10.2 Å². The predicted octanol–water partition coefficient (Wildman–Crippen LogP) is 2.19. The molecule has 1 aromatic rings. The Balaban J connectivity index is 1.77. The molecule has 0 aliphatic carbocycles. The summed E-state index contributed by atoms with van der Waals surface area (Å²) in [6.45, 7) is 7.13. The third kappa shape index (κ3) is 4.77. The van der Waals surface area contributed by atoms with Crippen LogP contribution in [0.4, 0.5) is 0 Å². The highest BCUT2D eigenvalue weighted by Crippen LogP contribution is 2.23. The number of hydrogen-bond donors (Lipinski definition) is 2. The van der Waals surface area contributed by atoms with E-state index in [-0.39, 0.29) is 23.8 Å². The highest BCUT2D eigenvalue weighted by atomic mass is 32.2. The van der Waals surface area contributed by atoms with E-state index in [1.54, 1.807) is 12.1 Å². The largest absolute Gasteiger partial charge is 0.354 e. The highest BCUT2D eigenvalue weighted by molar-refractivity contribution is 8.00. The third-order valence-electron chi connectivity index (χ3n) is 3.72. The van der Waals surface area contributed by atoms with Gasteiger partial charge >= 0.3 is 0 Å². The van der Waals surface area contributed by atoms with E-state index in [0.29, 0.717) is 18.0 Å². The van der Waals surface area contributed by atoms with Crippen molar-refractivity contribution in [1.82, 2.24) is 10.6 Å². The molecule has 2 rings (SSSR count). The summed E-state index contributed by atoms with van der Waals surface area (Å²) in [5.74, 6) is 2.49. The van der Waals surface area contributed by atoms with Gasteiger partial charge in [0, 0.05) is 12.1 Å². The Labute approximate surface area is 136 Å². The third-order valence-corrected chi connectivity index (χ3v) is 5.13. The Bertz CT molecular complexity index is 531. The minimum atomic E-state index is -0.213. The molecule has 1 heterocycles. The van der Waals surface area contributed by atoms with Gasteiger partial charge in [-0.1, -0.05) is 32.9 Å². The topological polar surface area (TPSA) is 58.2 Å². The molecule has 0 bridgehead atoms. The molecule has 0 atom stereocenters. The lowest BCUT2D eigenvalue weighted by atomic mass is 9.87. The first-order valence-electron chi connectivity index (χ1n) is 7.59. The zero-order chi connectivity index (χ0) is 16.2. The number of carbonyl (C=O) groups excluding carboxylic acids is 2. The second-order valence-electron chi connectivity index (χ2n) is 6.72. The lowest BCUT2D eigenvalue weighted by Gasteiger charge is -2.24. The zero-order valence-electron chi connectivity index (χ0n) is 13.4. The van der Waals surface area contributed by atoms with Gasteiger partial charge in [-0.15, -0.1) is 0 Å². The number of benzene rings is 1. The molecule has 2 amide bonds. The maximum Gasteiger partial charge on any atom is 0.251 e. The average molecular weight is 320 g/mol. The molecule has 1 fully saturated rings. The van der Waals surface area contributed by atoms with Gasteiger partial charge in [-0.05, 0) is 40.5 Å². The van der Waals surface area contributed by atoms with Gasteiger partial charge in [0.1, 0.15) is 0 Å². The molecule has 0 radical (unpaired) electrons.